The second-order valence-electron chi connectivity index (χ2n) is 8.70. The molecule has 0 aliphatic rings. The van der Waals surface area contributed by atoms with E-state index in [1.165, 1.54) is 14.0 Å². The fourth-order valence-electron chi connectivity index (χ4n) is 2.91. The normalized spacial score (nSPS) is 12.6. The molecule has 188 valence electrons. The highest BCUT2D eigenvalue weighted by atomic mass is 16.6. The van der Waals surface area contributed by atoms with Crippen LogP contribution in [0.1, 0.15) is 46.6 Å². The van der Waals surface area contributed by atoms with Crippen molar-refractivity contribution in [1.29, 1.82) is 0 Å². The van der Waals surface area contributed by atoms with E-state index < -0.39 is 54.1 Å². The lowest BCUT2D eigenvalue weighted by Gasteiger charge is -2.26. The summed E-state index contributed by atoms with van der Waals surface area (Å²) in [5.41, 5.74) is -0.146. The first-order chi connectivity index (χ1) is 15.7. The molecule has 0 saturated carbocycles. The molecule has 0 radical (unpaired) electrons. The van der Waals surface area contributed by atoms with Crippen LogP contribution in [0, 0.1) is 0 Å². The number of aliphatic carboxylic acids is 1. The van der Waals surface area contributed by atoms with Crippen LogP contribution in [0.4, 0.5) is 4.79 Å². The Hall–Kier alpha value is -3.63. The van der Waals surface area contributed by atoms with E-state index in [2.05, 4.69) is 10.6 Å². The van der Waals surface area contributed by atoms with E-state index >= 15 is 0 Å². The Labute approximate surface area is 198 Å². The van der Waals surface area contributed by atoms with Gasteiger partial charge in [-0.3, -0.25) is 19.2 Å². The summed E-state index contributed by atoms with van der Waals surface area (Å²) in [5.74, 6) is -2.53. The molecule has 2 atom stereocenters. The Morgan fingerprint density at radius 3 is 2.09 bits per heavy atom. The molecular weight excluding hydrogens is 446 g/mol. The van der Waals surface area contributed by atoms with Crippen LogP contribution in [-0.4, -0.2) is 71.1 Å². The fourth-order valence-corrected chi connectivity index (χ4v) is 2.91. The Morgan fingerprint density at radius 2 is 1.62 bits per heavy atom. The number of nitrogens with zero attached hydrogens (tertiary/aromatic N) is 1. The van der Waals surface area contributed by atoms with E-state index in [1.807, 2.05) is 0 Å². The first-order valence-corrected chi connectivity index (χ1v) is 10.8. The van der Waals surface area contributed by atoms with Crippen LogP contribution >= 0.6 is 0 Å². The number of hydrogen-bond donors (Lipinski definition) is 3. The van der Waals surface area contributed by atoms with Gasteiger partial charge >= 0.3 is 18.0 Å². The maximum atomic E-state index is 13.0. The van der Waals surface area contributed by atoms with Gasteiger partial charge in [-0.25, -0.2) is 4.79 Å². The molecule has 34 heavy (non-hydrogen) atoms. The molecule has 11 nitrogen and oxygen atoms in total. The number of hydrogen-bond acceptors (Lipinski definition) is 7. The lowest BCUT2D eigenvalue weighted by atomic mass is 10.0. The molecule has 0 aliphatic carbocycles. The number of carbonyl (C=O) groups excluding carboxylic acids is 4. The zero-order valence-electron chi connectivity index (χ0n) is 20.3. The number of benzene rings is 1. The minimum absolute atomic E-state index is 0.0566. The van der Waals surface area contributed by atoms with E-state index in [4.69, 9.17) is 14.6 Å². The Bertz CT molecular complexity index is 892. The number of rotatable bonds is 10. The SMILES string of the molecule is CCC(NC(=O)[C@H](Cc1ccc(OC(C)=O)cc1)NC(=O)OC(C)(C)C)C(=O)N(C)CC(=O)O. The van der Waals surface area contributed by atoms with Crippen LogP contribution in [0.2, 0.25) is 0 Å². The summed E-state index contributed by atoms with van der Waals surface area (Å²) in [6.45, 7) is 7.47. The van der Waals surface area contributed by atoms with Crippen molar-refractivity contribution in [2.24, 2.45) is 0 Å². The molecule has 3 amide bonds. The van der Waals surface area contributed by atoms with Crippen LogP contribution in [0.3, 0.4) is 0 Å². The van der Waals surface area contributed by atoms with E-state index in [0.29, 0.717) is 11.3 Å². The smallest absolute Gasteiger partial charge is 0.408 e. The second kappa shape index (κ2) is 12.6. The van der Waals surface area contributed by atoms with Crippen molar-refractivity contribution in [2.45, 2.75) is 65.1 Å². The molecule has 0 spiro atoms. The summed E-state index contributed by atoms with van der Waals surface area (Å²) >= 11 is 0. The number of amides is 3. The molecule has 0 heterocycles. The largest absolute Gasteiger partial charge is 0.480 e. The summed E-state index contributed by atoms with van der Waals surface area (Å²) in [5, 5.41) is 14.0. The molecule has 1 rings (SSSR count). The minimum atomic E-state index is -1.18. The number of nitrogens with one attached hydrogen (secondary N) is 2. The van der Waals surface area contributed by atoms with Gasteiger partial charge in [0.15, 0.2) is 0 Å². The summed E-state index contributed by atoms with van der Waals surface area (Å²) in [6, 6.07) is 4.31. The third-order valence-electron chi connectivity index (χ3n) is 4.40. The van der Waals surface area contributed by atoms with Crippen LogP contribution in [0.25, 0.3) is 0 Å². The highest BCUT2D eigenvalue weighted by Gasteiger charge is 2.29. The lowest BCUT2D eigenvalue weighted by molar-refractivity contribution is -0.144. The van der Waals surface area contributed by atoms with Gasteiger partial charge in [0.1, 0.15) is 30.0 Å². The second-order valence-corrected chi connectivity index (χ2v) is 8.70. The van der Waals surface area contributed by atoms with Gasteiger partial charge in [0.25, 0.3) is 0 Å². The molecule has 0 aromatic heterocycles. The summed E-state index contributed by atoms with van der Waals surface area (Å²) in [4.78, 5) is 60.9. The van der Waals surface area contributed by atoms with E-state index in [1.54, 1.807) is 52.0 Å². The predicted molar refractivity (Wildman–Crippen MR) is 122 cm³/mol. The lowest BCUT2D eigenvalue weighted by Crippen LogP contribution is -2.55. The molecule has 1 aromatic carbocycles. The van der Waals surface area contributed by atoms with Gasteiger partial charge in [0.05, 0.1) is 0 Å². The van der Waals surface area contributed by atoms with Gasteiger partial charge in [-0.05, 0) is 44.9 Å². The van der Waals surface area contributed by atoms with Crippen molar-refractivity contribution in [3.63, 3.8) is 0 Å². The van der Waals surface area contributed by atoms with Crippen LogP contribution < -0.4 is 15.4 Å². The van der Waals surface area contributed by atoms with E-state index in [-0.39, 0.29) is 12.8 Å². The number of carbonyl (C=O) groups is 5. The number of carboxylic acid groups (broad SMARTS) is 1. The molecular formula is C23H33N3O8. The summed E-state index contributed by atoms with van der Waals surface area (Å²) in [7, 11) is 1.33. The third-order valence-corrected chi connectivity index (χ3v) is 4.40. The third kappa shape index (κ3) is 10.3. The monoisotopic (exact) mass is 479 g/mol. The molecule has 3 N–H and O–H groups in total. The molecule has 0 saturated heterocycles. The average Bonchev–Trinajstić information content (AvgIpc) is 2.69. The summed E-state index contributed by atoms with van der Waals surface area (Å²) < 4.78 is 10.2. The van der Waals surface area contributed by atoms with Gasteiger partial charge in [0, 0.05) is 20.4 Å². The molecule has 11 heteroatoms. The summed E-state index contributed by atoms with van der Waals surface area (Å²) in [6.07, 6.45) is -0.544. The molecule has 0 bridgehead atoms. The van der Waals surface area contributed by atoms with Gasteiger partial charge in [-0.15, -0.1) is 0 Å². The van der Waals surface area contributed by atoms with E-state index in [9.17, 15) is 24.0 Å². The van der Waals surface area contributed by atoms with Crippen molar-refractivity contribution in [3.05, 3.63) is 29.8 Å². The molecule has 1 unspecified atom stereocenters. The maximum absolute atomic E-state index is 13.0. The Morgan fingerprint density at radius 1 is 1.03 bits per heavy atom. The van der Waals surface area contributed by atoms with Crippen LogP contribution in [0.15, 0.2) is 24.3 Å². The zero-order valence-corrected chi connectivity index (χ0v) is 20.3. The maximum Gasteiger partial charge on any atom is 0.408 e. The zero-order chi connectivity index (χ0) is 26.1. The van der Waals surface area contributed by atoms with Gasteiger partial charge in [-0.1, -0.05) is 19.1 Å². The highest BCUT2D eigenvalue weighted by Crippen LogP contribution is 2.15. The topological polar surface area (TPSA) is 151 Å². The predicted octanol–water partition coefficient (Wildman–Crippen LogP) is 1.49. The molecule has 0 fully saturated rings. The Balaban J connectivity index is 3.04. The minimum Gasteiger partial charge on any atom is -0.480 e. The molecule has 0 aliphatic heterocycles. The number of ether oxygens (including phenoxy) is 2. The van der Waals surface area contributed by atoms with Crippen molar-refractivity contribution >= 4 is 29.8 Å². The number of likely N-dealkylation sites (N-methyl/N-ethyl adjacent to an activating group) is 1. The van der Waals surface area contributed by atoms with Crippen molar-refractivity contribution in [1.82, 2.24) is 15.5 Å². The van der Waals surface area contributed by atoms with Crippen LogP contribution in [0.5, 0.6) is 5.75 Å². The van der Waals surface area contributed by atoms with Gasteiger partial charge in [-0.2, -0.15) is 0 Å². The highest BCUT2D eigenvalue weighted by molar-refractivity contribution is 5.92. The van der Waals surface area contributed by atoms with Crippen molar-refractivity contribution in [2.75, 3.05) is 13.6 Å². The Kier molecular flexibility index (Phi) is 10.5. The fraction of sp³-hybridized carbons (Fsp3) is 0.522. The van der Waals surface area contributed by atoms with Crippen molar-refractivity contribution < 1.29 is 38.6 Å². The quantitative estimate of drug-likeness (QED) is 0.337. The van der Waals surface area contributed by atoms with Crippen molar-refractivity contribution in [3.8, 4) is 5.75 Å². The number of alkyl carbamates (subject to hydrolysis) is 1. The van der Waals surface area contributed by atoms with E-state index in [0.717, 1.165) is 4.90 Å². The first kappa shape index (κ1) is 28.4. The van der Waals surface area contributed by atoms with Crippen LogP contribution in [-0.2, 0) is 30.3 Å². The standard InChI is InChI=1S/C23H33N3O8/c1-7-17(21(31)26(6)13-19(28)29)24-20(30)18(25-22(32)34-23(3,4)5)12-15-8-10-16(11-9-15)33-14(2)27/h8-11,17-18H,7,12-13H2,1-6H3,(H,24,30)(H,25,32)(H,28,29)/t17?,18-/m0/s1. The first-order valence-electron chi connectivity index (χ1n) is 10.8. The molecule has 1 aromatic rings. The number of esters is 1. The number of carboxylic acids is 1. The van der Waals surface area contributed by atoms with Gasteiger partial charge in [0.2, 0.25) is 11.8 Å². The van der Waals surface area contributed by atoms with Gasteiger partial charge < -0.3 is 30.1 Å². The average molecular weight is 480 g/mol.